The van der Waals surface area contributed by atoms with Gasteiger partial charge in [-0.05, 0) is 31.8 Å². The van der Waals surface area contributed by atoms with Gasteiger partial charge in [-0.15, -0.1) is 0 Å². The molecule has 3 heterocycles. The molecule has 2 aliphatic carbocycles. The zero-order chi connectivity index (χ0) is 20.7. The third kappa shape index (κ3) is 3.56. The maximum Gasteiger partial charge on any atom is 0.326 e. The molecule has 2 saturated carbocycles. The number of urea groups is 1. The van der Waals surface area contributed by atoms with Crippen LogP contribution in [0.25, 0.3) is 11.7 Å². The van der Waals surface area contributed by atoms with Crippen molar-refractivity contribution in [3.8, 4) is 0 Å². The van der Waals surface area contributed by atoms with Crippen molar-refractivity contribution >= 4 is 35.6 Å². The Morgan fingerprint density at radius 2 is 2.03 bits per heavy atom. The third-order valence-electron chi connectivity index (χ3n) is 5.95. The highest BCUT2D eigenvalue weighted by molar-refractivity contribution is 6.14. The summed E-state index contributed by atoms with van der Waals surface area (Å²) in [6.45, 7) is 0.722. The molecule has 0 spiro atoms. The molecular formula is C19H24N8O3. The van der Waals surface area contributed by atoms with Crippen LogP contribution >= 0.6 is 0 Å². The van der Waals surface area contributed by atoms with E-state index in [4.69, 9.17) is 0 Å². The van der Waals surface area contributed by atoms with Crippen LogP contribution in [0.15, 0.2) is 11.9 Å². The molecule has 11 nitrogen and oxygen atoms in total. The molecule has 0 unspecified atom stereocenters. The summed E-state index contributed by atoms with van der Waals surface area (Å²) < 4.78 is 1.60. The van der Waals surface area contributed by atoms with Crippen molar-refractivity contribution in [2.45, 2.75) is 44.6 Å². The number of amides is 3. The van der Waals surface area contributed by atoms with Crippen molar-refractivity contribution < 1.29 is 14.7 Å². The van der Waals surface area contributed by atoms with Crippen LogP contribution in [0.1, 0.15) is 44.1 Å². The largest absolute Gasteiger partial charge is 0.396 e. The van der Waals surface area contributed by atoms with E-state index in [1.165, 1.54) is 0 Å². The molecule has 0 atom stereocenters. The first kappa shape index (κ1) is 18.8. The number of nitrogens with one attached hydrogen (secondary N) is 4. The van der Waals surface area contributed by atoms with Gasteiger partial charge in [0.15, 0.2) is 5.65 Å². The molecule has 1 aliphatic heterocycles. The maximum atomic E-state index is 11.9. The molecular weight excluding hydrogens is 388 g/mol. The van der Waals surface area contributed by atoms with Crippen molar-refractivity contribution in [1.82, 2.24) is 30.2 Å². The zero-order valence-corrected chi connectivity index (χ0v) is 16.4. The minimum Gasteiger partial charge on any atom is -0.396 e. The van der Waals surface area contributed by atoms with E-state index in [0.29, 0.717) is 35.7 Å². The number of rotatable bonds is 7. The summed E-state index contributed by atoms with van der Waals surface area (Å²) in [5.74, 6) is 0.513. The molecule has 158 valence electrons. The van der Waals surface area contributed by atoms with Crippen molar-refractivity contribution in [3.05, 3.63) is 17.5 Å². The van der Waals surface area contributed by atoms with Crippen LogP contribution in [-0.2, 0) is 4.79 Å². The first-order chi connectivity index (χ1) is 14.5. The molecule has 0 radical (unpaired) electrons. The van der Waals surface area contributed by atoms with Gasteiger partial charge in [-0.2, -0.15) is 19.6 Å². The second-order valence-corrected chi connectivity index (χ2v) is 8.31. The third-order valence-corrected chi connectivity index (χ3v) is 5.95. The Labute approximate surface area is 172 Å². The first-order valence-corrected chi connectivity index (χ1v) is 10.3. The standard InChI is InChI=1S/C19H24N8O3/c28-10-19(5-1-2-6-19)9-20-16-24-14-11(7-13-15(29)25-18(30)23-13)8-21-27(14)17(26-16)22-12-3-4-12/h7-8,12,28H,1-6,9-10H2,(H2,20,22,24,26)(H2,23,25,29,30)/b13-7-. The number of carbonyl (C=O) groups is 2. The van der Waals surface area contributed by atoms with Crippen LogP contribution in [0.5, 0.6) is 0 Å². The molecule has 30 heavy (non-hydrogen) atoms. The number of carbonyl (C=O) groups excluding carboxylic acids is 2. The van der Waals surface area contributed by atoms with Crippen molar-refractivity contribution in [1.29, 1.82) is 0 Å². The van der Waals surface area contributed by atoms with Gasteiger partial charge in [-0.3, -0.25) is 10.1 Å². The summed E-state index contributed by atoms with van der Waals surface area (Å²) in [5, 5.41) is 25.6. The van der Waals surface area contributed by atoms with Crippen molar-refractivity contribution in [3.63, 3.8) is 0 Å². The predicted molar refractivity (Wildman–Crippen MR) is 109 cm³/mol. The fourth-order valence-corrected chi connectivity index (χ4v) is 4.00. The number of nitrogens with zero attached hydrogens (tertiary/aromatic N) is 4. The van der Waals surface area contributed by atoms with E-state index in [9.17, 15) is 14.7 Å². The monoisotopic (exact) mass is 412 g/mol. The number of aliphatic hydroxyl groups is 1. The van der Waals surface area contributed by atoms with E-state index in [0.717, 1.165) is 38.5 Å². The molecule has 1 saturated heterocycles. The van der Waals surface area contributed by atoms with Gasteiger partial charge in [-0.1, -0.05) is 12.8 Å². The molecule has 3 amide bonds. The number of hydrogen-bond donors (Lipinski definition) is 5. The normalized spacial score (nSPS) is 21.8. The topological polar surface area (TPSA) is 146 Å². The minimum atomic E-state index is -0.554. The van der Waals surface area contributed by atoms with Crippen molar-refractivity contribution in [2.24, 2.45) is 5.41 Å². The Hall–Kier alpha value is -3.21. The molecule has 3 fully saturated rings. The van der Waals surface area contributed by atoms with E-state index < -0.39 is 11.9 Å². The van der Waals surface area contributed by atoms with Gasteiger partial charge in [0, 0.05) is 23.6 Å². The SMILES string of the molecule is O=C1NC(=O)/C(=C/c2cnn3c(NC4CC4)nc(NCC4(CO)CCCC4)nc23)N1. The first-order valence-electron chi connectivity index (χ1n) is 10.3. The van der Waals surface area contributed by atoms with Crippen LogP contribution in [0, 0.1) is 5.41 Å². The second kappa shape index (κ2) is 7.24. The summed E-state index contributed by atoms with van der Waals surface area (Å²) in [6.07, 6.45) is 9.47. The Balaban J connectivity index is 1.48. The second-order valence-electron chi connectivity index (χ2n) is 8.31. The summed E-state index contributed by atoms with van der Waals surface area (Å²) in [4.78, 5) is 32.5. The van der Waals surface area contributed by atoms with Crippen LogP contribution in [0.3, 0.4) is 0 Å². The molecule has 3 aliphatic rings. The van der Waals surface area contributed by atoms with Crippen LogP contribution < -0.4 is 21.3 Å². The predicted octanol–water partition coefficient (Wildman–Crippen LogP) is 0.843. The molecule has 5 rings (SSSR count). The fraction of sp³-hybridized carbons (Fsp3) is 0.526. The number of anilines is 2. The molecule has 2 aromatic heterocycles. The summed E-state index contributed by atoms with van der Waals surface area (Å²) in [5.41, 5.74) is 1.10. The summed E-state index contributed by atoms with van der Waals surface area (Å²) >= 11 is 0. The quantitative estimate of drug-likeness (QED) is 0.332. The lowest BCUT2D eigenvalue weighted by molar-refractivity contribution is -0.115. The molecule has 2 aromatic rings. The number of imide groups is 1. The van der Waals surface area contributed by atoms with E-state index in [2.05, 4.69) is 36.3 Å². The Morgan fingerprint density at radius 1 is 1.23 bits per heavy atom. The van der Waals surface area contributed by atoms with E-state index >= 15 is 0 Å². The van der Waals surface area contributed by atoms with Gasteiger partial charge in [-0.25, -0.2) is 4.79 Å². The van der Waals surface area contributed by atoms with Crippen molar-refractivity contribution in [2.75, 3.05) is 23.8 Å². The van der Waals surface area contributed by atoms with Gasteiger partial charge in [0.2, 0.25) is 11.9 Å². The fourth-order valence-electron chi connectivity index (χ4n) is 4.00. The lowest BCUT2D eigenvalue weighted by Gasteiger charge is -2.26. The van der Waals surface area contributed by atoms with E-state index in [-0.39, 0.29) is 17.7 Å². The lowest BCUT2D eigenvalue weighted by Crippen LogP contribution is -2.31. The maximum absolute atomic E-state index is 11.9. The number of hydrogen-bond acceptors (Lipinski definition) is 8. The smallest absolute Gasteiger partial charge is 0.326 e. The highest BCUT2D eigenvalue weighted by atomic mass is 16.3. The Morgan fingerprint density at radius 3 is 2.70 bits per heavy atom. The highest BCUT2D eigenvalue weighted by Crippen LogP contribution is 2.37. The zero-order valence-electron chi connectivity index (χ0n) is 16.4. The number of fused-ring (bicyclic) bond motifs is 1. The summed E-state index contributed by atoms with van der Waals surface area (Å²) in [7, 11) is 0. The number of aliphatic hydroxyl groups excluding tert-OH is 1. The molecule has 5 N–H and O–H groups in total. The number of aromatic nitrogens is 4. The Bertz CT molecular complexity index is 1040. The lowest BCUT2D eigenvalue weighted by atomic mass is 9.87. The average molecular weight is 412 g/mol. The highest BCUT2D eigenvalue weighted by Gasteiger charge is 2.33. The van der Waals surface area contributed by atoms with Gasteiger partial charge in [0.25, 0.3) is 5.91 Å². The van der Waals surface area contributed by atoms with Gasteiger partial charge in [0.05, 0.1) is 12.8 Å². The molecule has 0 bridgehead atoms. The average Bonchev–Trinajstić information content (AvgIpc) is 3.12. The molecule has 0 aromatic carbocycles. The Kier molecular flexibility index (Phi) is 4.54. The van der Waals surface area contributed by atoms with Crippen LogP contribution in [0.4, 0.5) is 16.7 Å². The van der Waals surface area contributed by atoms with Gasteiger partial charge in [0.1, 0.15) is 5.70 Å². The van der Waals surface area contributed by atoms with Crippen LogP contribution in [-0.4, -0.2) is 55.8 Å². The molecule has 11 heteroatoms. The summed E-state index contributed by atoms with van der Waals surface area (Å²) in [6, 6.07) is -0.192. The van der Waals surface area contributed by atoms with E-state index in [1.54, 1.807) is 16.8 Å². The van der Waals surface area contributed by atoms with Gasteiger partial charge < -0.3 is 21.1 Å². The van der Waals surface area contributed by atoms with Gasteiger partial charge >= 0.3 is 6.03 Å². The van der Waals surface area contributed by atoms with E-state index in [1.807, 2.05) is 0 Å². The minimum absolute atomic E-state index is 0.133. The van der Waals surface area contributed by atoms with Crippen LogP contribution in [0.2, 0.25) is 0 Å².